The smallest absolute Gasteiger partial charge is 0.0521 e. The molecule has 0 aliphatic heterocycles. The SMILES string of the molecule is CNCSSCN. The molecule has 0 saturated carbocycles. The van der Waals surface area contributed by atoms with Gasteiger partial charge in [-0.15, -0.1) is 0 Å². The van der Waals surface area contributed by atoms with Gasteiger partial charge in [0.05, 0.1) is 5.88 Å². The first-order valence-electron chi connectivity index (χ1n) is 2.01. The van der Waals surface area contributed by atoms with Crippen molar-refractivity contribution in [3.8, 4) is 0 Å². The lowest BCUT2D eigenvalue weighted by atomic mass is 11.3. The number of nitrogens with one attached hydrogen (secondary N) is 1. The average Bonchev–Trinajstić information content (AvgIpc) is 1.69. The van der Waals surface area contributed by atoms with Crippen LogP contribution in [0.5, 0.6) is 0 Å². The molecule has 0 heterocycles. The first-order valence-corrected chi connectivity index (χ1v) is 4.49. The molecule has 3 N–H and O–H groups in total. The molecular weight excluding hydrogens is 128 g/mol. The molecule has 0 spiro atoms. The Morgan fingerprint density at radius 3 is 2.71 bits per heavy atom. The molecule has 7 heavy (non-hydrogen) atoms. The van der Waals surface area contributed by atoms with Crippen LogP contribution in [0.1, 0.15) is 0 Å². The molecule has 0 aliphatic carbocycles. The fourth-order valence-corrected chi connectivity index (χ4v) is 1.34. The topological polar surface area (TPSA) is 38.0 Å². The molecule has 0 atom stereocenters. The zero-order valence-electron chi connectivity index (χ0n) is 4.31. The normalized spacial score (nSPS) is 9.43. The van der Waals surface area contributed by atoms with Crippen molar-refractivity contribution in [1.82, 2.24) is 5.32 Å². The highest BCUT2D eigenvalue weighted by atomic mass is 33.1. The molecular formula is C3H10N2S2. The maximum absolute atomic E-state index is 5.18. The molecule has 0 saturated heterocycles. The molecule has 0 radical (unpaired) electrons. The van der Waals surface area contributed by atoms with E-state index in [0.29, 0.717) is 5.88 Å². The van der Waals surface area contributed by atoms with Gasteiger partial charge in [0, 0.05) is 5.88 Å². The van der Waals surface area contributed by atoms with E-state index in [9.17, 15) is 0 Å². The zero-order valence-corrected chi connectivity index (χ0v) is 5.94. The van der Waals surface area contributed by atoms with Crippen molar-refractivity contribution in [2.75, 3.05) is 18.8 Å². The highest BCUT2D eigenvalue weighted by Crippen LogP contribution is 2.15. The van der Waals surface area contributed by atoms with E-state index < -0.39 is 0 Å². The monoisotopic (exact) mass is 138 g/mol. The van der Waals surface area contributed by atoms with E-state index in [-0.39, 0.29) is 0 Å². The van der Waals surface area contributed by atoms with E-state index in [4.69, 9.17) is 5.73 Å². The van der Waals surface area contributed by atoms with Crippen LogP contribution in [0.3, 0.4) is 0 Å². The average molecular weight is 138 g/mol. The molecule has 0 fully saturated rings. The fourth-order valence-electron chi connectivity index (χ4n) is 0.149. The standard InChI is InChI=1S/C3H10N2S2/c1-5-3-7-6-2-4/h5H,2-4H2,1H3. The minimum Gasteiger partial charge on any atom is -0.321 e. The Hall–Kier alpha value is 0.620. The molecule has 0 unspecified atom stereocenters. The van der Waals surface area contributed by atoms with Gasteiger partial charge in [-0.1, -0.05) is 21.6 Å². The predicted molar refractivity (Wildman–Crippen MR) is 38.2 cm³/mol. The van der Waals surface area contributed by atoms with Crippen LogP contribution in [0.25, 0.3) is 0 Å². The molecule has 0 aromatic heterocycles. The molecule has 44 valence electrons. The van der Waals surface area contributed by atoms with E-state index in [1.807, 2.05) is 7.05 Å². The molecule has 0 bridgehead atoms. The second-order valence-electron chi connectivity index (χ2n) is 0.900. The van der Waals surface area contributed by atoms with Crippen LogP contribution < -0.4 is 11.1 Å². The summed E-state index contributed by atoms with van der Waals surface area (Å²) < 4.78 is 0. The first-order chi connectivity index (χ1) is 3.41. The van der Waals surface area contributed by atoms with Crippen molar-refractivity contribution >= 4 is 21.6 Å². The number of nitrogens with two attached hydrogens (primary N) is 1. The lowest BCUT2D eigenvalue weighted by Crippen LogP contribution is -2.02. The van der Waals surface area contributed by atoms with Gasteiger partial charge in [0.2, 0.25) is 0 Å². The summed E-state index contributed by atoms with van der Waals surface area (Å²) in [5, 5.41) is 2.99. The number of hydrogen-bond donors (Lipinski definition) is 2. The van der Waals surface area contributed by atoms with E-state index >= 15 is 0 Å². The highest BCUT2D eigenvalue weighted by molar-refractivity contribution is 8.76. The maximum atomic E-state index is 5.18. The van der Waals surface area contributed by atoms with Gasteiger partial charge in [0.15, 0.2) is 0 Å². The Morgan fingerprint density at radius 2 is 2.29 bits per heavy atom. The minimum atomic E-state index is 0.701. The Morgan fingerprint density at radius 1 is 1.57 bits per heavy atom. The summed E-state index contributed by atoms with van der Waals surface area (Å²) in [7, 11) is 5.32. The van der Waals surface area contributed by atoms with Crippen LogP contribution in [0.2, 0.25) is 0 Å². The van der Waals surface area contributed by atoms with Crippen LogP contribution in [-0.4, -0.2) is 18.8 Å². The molecule has 0 rings (SSSR count). The van der Waals surface area contributed by atoms with Crippen molar-refractivity contribution in [3.05, 3.63) is 0 Å². The summed E-state index contributed by atoms with van der Waals surface area (Å²) >= 11 is 0. The molecule has 0 aliphatic rings. The van der Waals surface area contributed by atoms with Gasteiger partial charge in [0.1, 0.15) is 0 Å². The van der Waals surface area contributed by atoms with Crippen LogP contribution in [0, 0.1) is 0 Å². The van der Waals surface area contributed by atoms with Crippen molar-refractivity contribution in [2.45, 2.75) is 0 Å². The molecule has 2 nitrogen and oxygen atoms in total. The van der Waals surface area contributed by atoms with Crippen molar-refractivity contribution in [1.29, 1.82) is 0 Å². The van der Waals surface area contributed by atoms with Crippen LogP contribution in [-0.2, 0) is 0 Å². The van der Waals surface area contributed by atoms with Gasteiger partial charge in [0.25, 0.3) is 0 Å². The lowest BCUT2D eigenvalue weighted by molar-refractivity contribution is 0.987. The quantitative estimate of drug-likeness (QED) is 0.336. The summed E-state index contributed by atoms with van der Waals surface area (Å²) in [5.41, 5.74) is 5.18. The van der Waals surface area contributed by atoms with Crippen molar-refractivity contribution < 1.29 is 0 Å². The second kappa shape index (κ2) is 6.62. The van der Waals surface area contributed by atoms with E-state index in [0.717, 1.165) is 5.88 Å². The lowest BCUT2D eigenvalue weighted by Gasteiger charge is -1.92. The summed E-state index contributed by atoms with van der Waals surface area (Å²) in [6, 6.07) is 0. The van der Waals surface area contributed by atoms with Gasteiger partial charge >= 0.3 is 0 Å². The van der Waals surface area contributed by atoms with Crippen molar-refractivity contribution in [2.24, 2.45) is 5.73 Å². The molecule has 0 aromatic carbocycles. The predicted octanol–water partition coefficient (Wildman–Crippen LogP) is 0.461. The fraction of sp³-hybridized carbons (Fsp3) is 1.00. The van der Waals surface area contributed by atoms with E-state index in [2.05, 4.69) is 5.32 Å². The third-order valence-corrected chi connectivity index (χ3v) is 2.33. The van der Waals surface area contributed by atoms with Gasteiger partial charge in [-0.05, 0) is 7.05 Å². The van der Waals surface area contributed by atoms with Crippen LogP contribution in [0.15, 0.2) is 0 Å². The molecule has 0 amide bonds. The van der Waals surface area contributed by atoms with E-state index in [1.165, 1.54) is 0 Å². The van der Waals surface area contributed by atoms with Crippen molar-refractivity contribution in [3.63, 3.8) is 0 Å². The van der Waals surface area contributed by atoms with Gasteiger partial charge < -0.3 is 11.1 Å². The first kappa shape index (κ1) is 7.62. The maximum Gasteiger partial charge on any atom is 0.0521 e. The van der Waals surface area contributed by atoms with Crippen LogP contribution >= 0.6 is 21.6 Å². The largest absolute Gasteiger partial charge is 0.321 e. The Bertz CT molecular complexity index is 30.1. The van der Waals surface area contributed by atoms with Gasteiger partial charge in [-0.2, -0.15) is 0 Å². The van der Waals surface area contributed by atoms with E-state index in [1.54, 1.807) is 21.6 Å². The van der Waals surface area contributed by atoms with Gasteiger partial charge in [-0.3, -0.25) is 0 Å². The Kier molecular flexibility index (Phi) is 7.21. The van der Waals surface area contributed by atoms with Crippen LogP contribution in [0.4, 0.5) is 0 Å². The van der Waals surface area contributed by atoms with Gasteiger partial charge in [-0.25, -0.2) is 0 Å². The third-order valence-electron chi connectivity index (χ3n) is 0.355. The summed E-state index contributed by atoms with van der Waals surface area (Å²) in [5.74, 6) is 1.67. The second-order valence-corrected chi connectivity index (χ2v) is 3.41. The number of rotatable bonds is 4. The Balaban J connectivity index is 2.45. The summed E-state index contributed by atoms with van der Waals surface area (Å²) in [6.07, 6.45) is 0. The molecule has 0 aromatic rings. The Labute approximate surface area is 52.0 Å². The minimum absolute atomic E-state index is 0.701. The third kappa shape index (κ3) is 6.62. The summed E-state index contributed by atoms with van der Waals surface area (Å²) in [6.45, 7) is 0. The zero-order chi connectivity index (χ0) is 5.54. The number of hydrogen-bond acceptors (Lipinski definition) is 4. The molecule has 4 heteroatoms. The highest BCUT2D eigenvalue weighted by Gasteiger charge is 1.79. The summed E-state index contributed by atoms with van der Waals surface area (Å²) in [4.78, 5) is 0.